The van der Waals surface area contributed by atoms with Gasteiger partial charge in [0.05, 0.1) is 6.04 Å². The number of nitrogens with one attached hydrogen (secondary N) is 1. The Kier molecular flexibility index (Phi) is 4.33. The molecule has 1 rings (SSSR count). The van der Waals surface area contributed by atoms with Crippen LogP contribution in [0.4, 0.5) is 0 Å². The molecule has 1 aliphatic heterocycles. The predicted molar refractivity (Wildman–Crippen MR) is 66.1 cm³/mol. The second kappa shape index (κ2) is 5.15. The van der Waals surface area contributed by atoms with Crippen molar-refractivity contribution in [1.82, 2.24) is 10.2 Å². The van der Waals surface area contributed by atoms with E-state index in [9.17, 15) is 4.79 Å². The second-order valence-corrected chi connectivity index (χ2v) is 5.74. The summed E-state index contributed by atoms with van der Waals surface area (Å²) >= 11 is 0. The molecule has 1 aliphatic rings. The van der Waals surface area contributed by atoms with Crippen molar-refractivity contribution in [3.8, 4) is 0 Å². The summed E-state index contributed by atoms with van der Waals surface area (Å²) in [5.41, 5.74) is 5.72. The highest BCUT2D eigenvalue weighted by molar-refractivity contribution is 5.82. The molecular formula is C12H25N3O. The Morgan fingerprint density at radius 2 is 2.19 bits per heavy atom. The smallest absolute Gasteiger partial charge is 0.237 e. The molecule has 0 aromatic rings. The van der Waals surface area contributed by atoms with Gasteiger partial charge in [0.25, 0.3) is 0 Å². The molecule has 1 saturated heterocycles. The zero-order valence-electron chi connectivity index (χ0n) is 10.9. The minimum atomic E-state index is -0.0632. The van der Waals surface area contributed by atoms with Gasteiger partial charge in [-0.1, -0.05) is 13.8 Å². The van der Waals surface area contributed by atoms with Crippen molar-refractivity contribution in [3.05, 3.63) is 0 Å². The maximum atomic E-state index is 12.0. The minimum Gasteiger partial charge on any atom is -0.354 e. The molecule has 3 N–H and O–H groups in total. The Balaban J connectivity index is 2.88. The Labute approximate surface area is 98.6 Å². The minimum absolute atomic E-state index is 0.0632. The maximum Gasteiger partial charge on any atom is 0.237 e. The van der Waals surface area contributed by atoms with Gasteiger partial charge in [-0.15, -0.1) is 0 Å². The van der Waals surface area contributed by atoms with Gasteiger partial charge in [-0.05, 0) is 32.2 Å². The molecule has 0 aromatic heterocycles. The fourth-order valence-electron chi connectivity index (χ4n) is 2.25. The number of hydrogen-bond acceptors (Lipinski definition) is 3. The zero-order valence-corrected chi connectivity index (χ0v) is 10.9. The third kappa shape index (κ3) is 3.19. The van der Waals surface area contributed by atoms with Crippen LogP contribution in [0.15, 0.2) is 0 Å². The second-order valence-electron chi connectivity index (χ2n) is 5.74. The molecule has 0 spiro atoms. The topological polar surface area (TPSA) is 58.4 Å². The van der Waals surface area contributed by atoms with Gasteiger partial charge in [-0.25, -0.2) is 0 Å². The molecule has 94 valence electrons. The van der Waals surface area contributed by atoms with E-state index in [-0.39, 0.29) is 17.4 Å². The number of carbonyl (C=O) groups excluding carboxylic acids is 1. The molecular weight excluding hydrogens is 202 g/mol. The molecule has 1 fully saturated rings. The number of hydrogen-bond donors (Lipinski definition) is 2. The first kappa shape index (κ1) is 13.5. The summed E-state index contributed by atoms with van der Waals surface area (Å²) in [6.45, 7) is 10.9. The average molecular weight is 227 g/mol. The predicted octanol–water partition coefficient (Wildman–Crippen LogP) is 0.570. The van der Waals surface area contributed by atoms with E-state index in [0.29, 0.717) is 12.6 Å². The normalized spacial score (nSPS) is 26.6. The van der Waals surface area contributed by atoms with Crippen molar-refractivity contribution in [3.63, 3.8) is 0 Å². The molecule has 1 amide bonds. The van der Waals surface area contributed by atoms with E-state index in [1.54, 1.807) is 0 Å². The van der Waals surface area contributed by atoms with E-state index >= 15 is 0 Å². The van der Waals surface area contributed by atoms with Crippen LogP contribution < -0.4 is 11.1 Å². The van der Waals surface area contributed by atoms with E-state index in [2.05, 4.69) is 37.9 Å². The number of rotatable bonds is 3. The molecule has 4 heteroatoms. The van der Waals surface area contributed by atoms with Crippen molar-refractivity contribution in [1.29, 1.82) is 0 Å². The number of nitrogens with two attached hydrogens (primary N) is 1. The lowest BCUT2D eigenvalue weighted by Gasteiger charge is -2.35. The average Bonchev–Trinajstić information content (AvgIpc) is 2.29. The third-order valence-corrected chi connectivity index (χ3v) is 3.16. The van der Waals surface area contributed by atoms with Crippen LogP contribution in [0.2, 0.25) is 0 Å². The van der Waals surface area contributed by atoms with Crippen molar-refractivity contribution in [2.75, 3.05) is 19.6 Å². The highest BCUT2D eigenvalue weighted by Crippen LogP contribution is 2.23. The van der Waals surface area contributed by atoms with Crippen LogP contribution >= 0.6 is 0 Å². The summed E-state index contributed by atoms with van der Waals surface area (Å²) in [5.74, 6) is 0.129. The molecule has 1 unspecified atom stereocenters. The molecule has 0 saturated carbocycles. The van der Waals surface area contributed by atoms with Gasteiger partial charge in [0.1, 0.15) is 0 Å². The molecule has 1 atom stereocenters. The van der Waals surface area contributed by atoms with Gasteiger partial charge >= 0.3 is 0 Å². The van der Waals surface area contributed by atoms with Gasteiger partial charge in [0.15, 0.2) is 0 Å². The van der Waals surface area contributed by atoms with Gasteiger partial charge in [-0.2, -0.15) is 0 Å². The quantitative estimate of drug-likeness (QED) is 0.741. The first-order valence-electron chi connectivity index (χ1n) is 6.11. The summed E-state index contributed by atoms with van der Waals surface area (Å²) in [4.78, 5) is 14.3. The van der Waals surface area contributed by atoms with Crippen molar-refractivity contribution in [2.24, 2.45) is 11.1 Å². The third-order valence-electron chi connectivity index (χ3n) is 3.16. The lowest BCUT2D eigenvalue weighted by molar-refractivity contribution is -0.126. The SMILES string of the molecule is CC(C)N1CC(C)(C)CNC(=O)C1CCN. The molecule has 1 heterocycles. The van der Waals surface area contributed by atoms with E-state index in [1.165, 1.54) is 0 Å². The first-order chi connectivity index (χ1) is 7.37. The number of nitrogens with zero attached hydrogens (tertiary/aromatic N) is 1. The Hall–Kier alpha value is -0.610. The van der Waals surface area contributed by atoms with Crippen LogP contribution in [0, 0.1) is 5.41 Å². The van der Waals surface area contributed by atoms with Crippen LogP contribution in [0.25, 0.3) is 0 Å². The highest BCUT2D eigenvalue weighted by atomic mass is 16.2. The van der Waals surface area contributed by atoms with Gasteiger partial charge in [-0.3, -0.25) is 9.69 Å². The van der Waals surface area contributed by atoms with E-state index in [1.807, 2.05) is 0 Å². The van der Waals surface area contributed by atoms with Gasteiger partial charge in [0, 0.05) is 19.1 Å². The van der Waals surface area contributed by atoms with E-state index in [0.717, 1.165) is 19.5 Å². The monoisotopic (exact) mass is 227 g/mol. The van der Waals surface area contributed by atoms with E-state index in [4.69, 9.17) is 5.73 Å². The lowest BCUT2D eigenvalue weighted by atomic mass is 9.92. The molecule has 0 radical (unpaired) electrons. The summed E-state index contributed by atoms with van der Waals surface area (Å²) in [6.07, 6.45) is 0.736. The van der Waals surface area contributed by atoms with Gasteiger partial charge < -0.3 is 11.1 Å². The Morgan fingerprint density at radius 1 is 1.56 bits per heavy atom. The van der Waals surface area contributed by atoms with Crippen LogP contribution in [0.1, 0.15) is 34.1 Å². The van der Waals surface area contributed by atoms with Crippen LogP contribution in [-0.4, -0.2) is 42.5 Å². The van der Waals surface area contributed by atoms with Crippen LogP contribution in [-0.2, 0) is 4.79 Å². The standard InChI is InChI=1S/C12H25N3O/c1-9(2)15-8-12(3,4)7-14-11(16)10(15)5-6-13/h9-10H,5-8,13H2,1-4H3,(H,14,16). The van der Waals surface area contributed by atoms with Crippen LogP contribution in [0.3, 0.4) is 0 Å². The largest absolute Gasteiger partial charge is 0.354 e. The molecule has 16 heavy (non-hydrogen) atoms. The number of carbonyl (C=O) groups is 1. The fourth-order valence-corrected chi connectivity index (χ4v) is 2.25. The maximum absolute atomic E-state index is 12.0. The zero-order chi connectivity index (χ0) is 12.3. The summed E-state index contributed by atoms with van der Waals surface area (Å²) in [6, 6.07) is 0.312. The van der Waals surface area contributed by atoms with Gasteiger partial charge in [0.2, 0.25) is 5.91 Å². The fraction of sp³-hybridized carbons (Fsp3) is 0.917. The molecule has 0 aromatic carbocycles. The van der Waals surface area contributed by atoms with Crippen molar-refractivity contribution in [2.45, 2.75) is 46.2 Å². The molecule has 0 aliphatic carbocycles. The molecule has 0 bridgehead atoms. The van der Waals surface area contributed by atoms with Crippen molar-refractivity contribution >= 4 is 5.91 Å². The lowest BCUT2D eigenvalue weighted by Crippen LogP contribution is -2.49. The highest BCUT2D eigenvalue weighted by Gasteiger charge is 2.35. The number of amides is 1. The van der Waals surface area contributed by atoms with Crippen LogP contribution in [0.5, 0.6) is 0 Å². The van der Waals surface area contributed by atoms with E-state index < -0.39 is 0 Å². The summed E-state index contributed by atoms with van der Waals surface area (Å²) < 4.78 is 0. The first-order valence-corrected chi connectivity index (χ1v) is 6.11. The Morgan fingerprint density at radius 3 is 2.69 bits per heavy atom. The van der Waals surface area contributed by atoms with Crippen molar-refractivity contribution < 1.29 is 4.79 Å². The Bertz CT molecular complexity index is 251. The molecule has 4 nitrogen and oxygen atoms in total. The summed E-state index contributed by atoms with van der Waals surface area (Å²) in [5, 5.41) is 3.02. The summed E-state index contributed by atoms with van der Waals surface area (Å²) in [7, 11) is 0.